The first-order valence-electron chi connectivity index (χ1n) is 12.7. The number of thiophene rings is 1. The predicted molar refractivity (Wildman–Crippen MR) is 152 cm³/mol. The summed E-state index contributed by atoms with van der Waals surface area (Å²) >= 11 is 14.0. The van der Waals surface area contributed by atoms with E-state index < -0.39 is 9.84 Å². The highest BCUT2D eigenvalue weighted by molar-refractivity contribution is 7.91. The van der Waals surface area contributed by atoms with Crippen LogP contribution in [0.2, 0.25) is 10.0 Å². The standard InChI is InChI=1S/C28H30Cl2N2O4S2/c1-2-38(34,35)23-7-3-19(4-8-23)17-31-27(33)25-15-20-9-14-36-28(26(20)37-25)10-12-32(13-11-28)18-21-5-6-22(29)16-24(21)30/h3-8,15-16H,2,9-14,17-18H2,1H3,(H,31,33). The fourth-order valence-corrected chi connectivity index (χ4v) is 7.80. The van der Waals surface area contributed by atoms with Gasteiger partial charge in [0.25, 0.3) is 5.91 Å². The summed E-state index contributed by atoms with van der Waals surface area (Å²) < 4.78 is 30.4. The van der Waals surface area contributed by atoms with Gasteiger partial charge in [-0.25, -0.2) is 8.42 Å². The third-order valence-electron chi connectivity index (χ3n) is 7.38. The van der Waals surface area contributed by atoms with Gasteiger partial charge in [-0.1, -0.05) is 48.3 Å². The Hall–Kier alpha value is -1.94. The third kappa shape index (κ3) is 5.81. The van der Waals surface area contributed by atoms with Crippen LogP contribution in [0.1, 0.15) is 51.0 Å². The highest BCUT2D eigenvalue weighted by atomic mass is 35.5. The summed E-state index contributed by atoms with van der Waals surface area (Å²) in [5, 5.41) is 4.30. The number of nitrogens with one attached hydrogen (secondary N) is 1. The number of carbonyl (C=O) groups is 1. The zero-order valence-electron chi connectivity index (χ0n) is 21.1. The molecule has 5 rings (SSSR count). The fourth-order valence-electron chi connectivity index (χ4n) is 5.12. The molecule has 0 atom stereocenters. The van der Waals surface area contributed by atoms with Crippen LogP contribution in [0.3, 0.4) is 0 Å². The summed E-state index contributed by atoms with van der Waals surface area (Å²) in [6.07, 6.45) is 2.53. The monoisotopic (exact) mass is 592 g/mol. The van der Waals surface area contributed by atoms with Gasteiger partial charge in [0, 0.05) is 41.1 Å². The largest absolute Gasteiger partial charge is 0.369 e. The van der Waals surface area contributed by atoms with Crippen molar-refractivity contribution in [3.63, 3.8) is 0 Å². The smallest absolute Gasteiger partial charge is 0.261 e. The molecule has 1 fully saturated rings. The molecular weight excluding hydrogens is 563 g/mol. The summed E-state index contributed by atoms with van der Waals surface area (Å²) in [6.45, 7) is 5.13. The van der Waals surface area contributed by atoms with Crippen LogP contribution in [0.5, 0.6) is 0 Å². The first-order valence-corrected chi connectivity index (χ1v) is 15.9. The lowest BCUT2D eigenvalue weighted by Crippen LogP contribution is -2.45. The van der Waals surface area contributed by atoms with Crippen molar-refractivity contribution in [1.29, 1.82) is 0 Å². The average molecular weight is 594 g/mol. The molecule has 2 aliphatic rings. The van der Waals surface area contributed by atoms with Gasteiger partial charge >= 0.3 is 0 Å². The highest BCUT2D eigenvalue weighted by Crippen LogP contribution is 2.45. The first kappa shape index (κ1) is 27.6. The molecular formula is C28H30Cl2N2O4S2. The van der Waals surface area contributed by atoms with Crippen LogP contribution in [-0.2, 0) is 39.7 Å². The number of nitrogens with zero attached hydrogens (tertiary/aromatic N) is 1. The molecule has 38 heavy (non-hydrogen) atoms. The molecule has 1 amide bonds. The molecule has 0 radical (unpaired) electrons. The molecule has 0 aliphatic carbocycles. The first-order chi connectivity index (χ1) is 18.2. The van der Waals surface area contributed by atoms with Gasteiger partial charge in [-0.2, -0.15) is 0 Å². The van der Waals surface area contributed by atoms with Gasteiger partial charge in [0.2, 0.25) is 0 Å². The van der Waals surface area contributed by atoms with Gasteiger partial charge in [0.1, 0.15) is 5.60 Å². The lowest BCUT2D eigenvalue weighted by Gasteiger charge is -2.43. The normalized spacial score (nSPS) is 17.3. The molecule has 0 unspecified atom stereocenters. The van der Waals surface area contributed by atoms with E-state index in [4.69, 9.17) is 27.9 Å². The summed E-state index contributed by atoms with van der Waals surface area (Å²) in [7, 11) is -3.24. The number of sulfone groups is 1. The van der Waals surface area contributed by atoms with E-state index in [9.17, 15) is 13.2 Å². The summed E-state index contributed by atoms with van der Waals surface area (Å²) in [6, 6.07) is 14.3. The molecule has 10 heteroatoms. The van der Waals surface area contributed by atoms with Crippen LogP contribution >= 0.6 is 34.5 Å². The number of hydrogen-bond donors (Lipinski definition) is 1. The van der Waals surface area contributed by atoms with Crippen molar-refractivity contribution in [2.45, 2.75) is 49.8 Å². The molecule has 0 saturated carbocycles. The van der Waals surface area contributed by atoms with E-state index in [2.05, 4.69) is 10.2 Å². The maximum Gasteiger partial charge on any atom is 0.261 e. The van der Waals surface area contributed by atoms with Crippen LogP contribution in [-0.4, -0.2) is 44.7 Å². The Morgan fingerprint density at radius 3 is 2.53 bits per heavy atom. The maximum atomic E-state index is 13.0. The van der Waals surface area contributed by atoms with E-state index in [1.807, 2.05) is 18.2 Å². The molecule has 3 heterocycles. The van der Waals surface area contributed by atoms with Crippen molar-refractivity contribution in [1.82, 2.24) is 10.2 Å². The SMILES string of the molecule is CCS(=O)(=O)c1ccc(CNC(=O)c2cc3c(s2)C2(CCN(Cc4ccc(Cl)cc4Cl)CC2)OCC3)cc1. The Labute approximate surface area is 237 Å². The Morgan fingerprint density at radius 1 is 1.11 bits per heavy atom. The van der Waals surface area contributed by atoms with Crippen LogP contribution in [0.4, 0.5) is 0 Å². The maximum absolute atomic E-state index is 13.0. The molecule has 3 aromatic rings. The zero-order valence-corrected chi connectivity index (χ0v) is 24.3. The lowest BCUT2D eigenvalue weighted by atomic mass is 9.85. The number of piperidine rings is 1. The molecule has 1 spiro atoms. The molecule has 1 N–H and O–H groups in total. The number of carbonyl (C=O) groups excluding carboxylic acids is 1. The van der Waals surface area contributed by atoms with E-state index in [0.717, 1.165) is 50.0 Å². The quantitative estimate of drug-likeness (QED) is 0.373. The second kappa shape index (κ2) is 11.3. The molecule has 202 valence electrons. The molecule has 2 aromatic carbocycles. The van der Waals surface area contributed by atoms with Crippen LogP contribution in [0, 0.1) is 0 Å². The van der Waals surface area contributed by atoms with Gasteiger partial charge in [-0.3, -0.25) is 9.69 Å². The van der Waals surface area contributed by atoms with Crippen molar-refractivity contribution >= 4 is 50.3 Å². The Morgan fingerprint density at radius 2 is 1.84 bits per heavy atom. The lowest BCUT2D eigenvalue weighted by molar-refractivity contribution is -0.0960. The average Bonchev–Trinajstić information content (AvgIpc) is 3.37. The molecule has 1 aromatic heterocycles. The topological polar surface area (TPSA) is 75.7 Å². The number of benzene rings is 2. The van der Waals surface area contributed by atoms with Crippen molar-refractivity contribution in [2.75, 3.05) is 25.4 Å². The van der Waals surface area contributed by atoms with Gasteiger partial charge in [-0.15, -0.1) is 11.3 Å². The van der Waals surface area contributed by atoms with Crippen molar-refractivity contribution in [3.8, 4) is 0 Å². The van der Waals surface area contributed by atoms with Crippen molar-refractivity contribution < 1.29 is 17.9 Å². The second-order valence-corrected chi connectivity index (χ2v) is 14.0. The van der Waals surface area contributed by atoms with E-state index in [-0.39, 0.29) is 17.3 Å². The van der Waals surface area contributed by atoms with E-state index >= 15 is 0 Å². The zero-order chi connectivity index (χ0) is 26.9. The summed E-state index contributed by atoms with van der Waals surface area (Å²) in [4.78, 5) is 17.6. The number of hydrogen-bond acceptors (Lipinski definition) is 6. The van der Waals surface area contributed by atoms with Crippen LogP contribution in [0.15, 0.2) is 53.4 Å². The van der Waals surface area contributed by atoms with E-state index in [0.29, 0.717) is 33.0 Å². The summed E-state index contributed by atoms with van der Waals surface area (Å²) in [5.74, 6) is -0.0638. The highest BCUT2D eigenvalue weighted by Gasteiger charge is 2.42. The number of likely N-dealkylation sites (tertiary alicyclic amines) is 1. The molecule has 2 aliphatic heterocycles. The Bertz CT molecular complexity index is 1430. The van der Waals surface area contributed by atoms with Crippen LogP contribution in [0.25, 0.3) is 0 Å². The molecule has 6 nitrogen and oxygen atoms in total. The van der Waals surface area contributed by atoms with Crippen LogP contribution < -0.4 is 5.32 Å². The van der Waals surface area contributed by atoms with Gasteiger partial charge in [0.15, 0.2) is 9.84 Å². The minimum Gasteiger partial charge on any atom is -0.369 e. The number of halogens is 2. The number of rotatable bonds is 7. The third-order valence-corrected chi connectivity index (χ3v) is 11.1. The van der Waals surface area contributed by atoms with Crippen molar-refractivity contribution in [2.24, 2.45) is 0 Å². The van der Waals surface area contributed by atoms with Gasteiger partial charge < -0.3 is 10.1 Å². The number of amides is 1. The number of ether oxygens (including phenoxy) is 1. The molecule has 0 bridgehead atoms. The van der Waals surface area contributed by atoms with Crippen molar-refractivity contribution in [3.05, 3.63) is 85.0 Å². The number of fused-ring (bicyclic) bond motifs is 2. The van der Waals surface area contributed by atoms with Gasteiger partial charge in [-0.05, 0) is 66.3 Å². The minimum absolute atomic E-state index is 0.0616. The van der Waals surface area contributed by atoms with Gasteiger partial charge in [0.05, 0.1) is 22.1 Å². The predicted octanol–water partition coefficient (Wildman–Crippen LogP) is 5.84. The second-order valence-electron chi connectivity index (χ2n) is 9.80. The minimum atomic E-state index is -3.24. The van der Waals surface area contributed by atoms with E-state index in [1.165, 1.54) is 21.8 Å². The fraction of sp³-hybridized carbons (Fsp3) is 0.393. The van der Waals surface area contributed by atoms with E-state index in [1.54, 1.807) is 37.3 Å². The summed E-state index contributed by atoms with van der Waals surface area (Å²) in [5.41, 5.74) is 2.77. The Kier molecular flexibility index (Phi) is 8.20. The molecule has 1 saturated heterocycles. The Balaban J connectivity index is 1.22.